The Kier molecular flexibility index (Phi) is 5.10. The average Bonchev–Trinajstić information content (AvgIpc) is 3.03. The minimum atomic E-state index is -0.235. The summed E-state index contributed by atoms with van der Waals surface area (Å²) in [6.45, 7) is 1.49. The Hall–Kier alpha value is -2.11. The van der Waals surface area contributed by atoms with Crippen LogP contribution in [0.4, 0.5) is 8.78 Å². The SMILES string of the molecule is Fc1ccc(CCNCc2ncc(-c3ccc(F)cc3)s2)cc1. The Morgan fingerprint density at radius 2 is 1.57 bits per heavy atom. The minimum absolute atomic E-state index is 0.210. The molecule has 118 valence electrons. The van der Waals surface area contributed by atoms with Gasteiger partial charge in [0.1, 0.15) is 16.6 Å². The van der Waals surface area contributed by atoms with Gasteiger partial charge in [0.25, 0.3) is 0 Å². The van der Waals surface area contributed by atoms with Gasteiger partial charge in [0.2, 0.25) is 0 Å². The quantitative estimate of drug-likeness (QED) is 0.677. The fourth-order valence-corrected chi connectivity index (χ4v) is 3.11. The van der Waals surface area contributed by atoms with Gasteiger partial charge in [-0.3, -0.25) is 0 Å². The molecule has 0 aliphatic rings. The summed E-state index contributed by atoms with van der Waals surface area (Å²) in [6, 6.07) is 13.0. The third kappa shape index (κ3) is 4.43. The highest BCUT2D eigenvalue weighted by atomic mass is 32.1. The van der Waals surface area contributed by atoms with Crippen molar-refractivity contribution in [1.29, 1.82) is 0 Å². The second kappa shape index (κ2) is 7.44. The maximum atomic E-state index is 12.9. The van der Waals surface area contributed by atoms with Gasteiger partial charge in [0.15, 0.2) is 0 Å². The first-order chi connectivity index (χ1) is 11.2. The molecule has 2 nitrogen and oxygen atoms in total. The smallest absolute Gasteiger partial charge is 0.123 e. The highest BCUT2D eigenvalue weighted by Crippen LogP contribution is 2.26. The van der Waals surface area contributed by atoms with Crippen molar-refractivity contribution in [2.45, 2.75) is 13.0 Å². The molecule has 2 aromatic carbocycles. The number of benzene rings is 2. The van der Waals surface area contributed by atoms with Crippen LogP contribution >= 0.6 is 11.3 Å². The van der Waals surface area contributed by atoms with E-state index in [9.17, 15) is 8.78 Å². The number of hydrogen-bond donors (Lipinski definition) is 1. The average molecular weight is 330 g/mol. The summed E-state index contributed by atoms with van der Waals surface area (Å²) in [5, 5.41) is 4.32. The molecule has 3 rings (SSSR count). The summed E-state index contributed by atoms with van der Waals surface area (Å²) in [7, 11) is 0. The van der Waals surface area contributed by atoms with E-state index in [1.54, 1.807) is 35.6 Å². The predicted molar refractivity (Wildman–Crippen MR) is 89.3 cm³/mol. The van der Waals surface area contributed by atoms with E-state index in [-0.39, 0.29) is 11.6 Å². The summed E-state index contributed by atoms with van der Waals surface area (Å²) in [5.74, 6) is -0.446. The van der Waals surface area contributed by atoms with E-state index in [4.69, 9.17) is 0 Å². The van der Waals surface area contributed by atoms with Crippen LogP contribution in [-0.2, 0) is 13.0 Å². The van der Waals surface area contributed by atoms with Crippen LogP contribution in [-0.4, -0.2) is 11.5 Å². The molecule has 0 saturated heterocycles. The number of nitrogens with zero attached hydrogens (tertiary/aromatic N) is 1. The molecule has 0 spiro atoms. The Morgan fingerprint density at radius 1 is 0.913 bits per heavy atom. The predicted octanol–water partition coefficient (Wildman–Crippen LogP) is 4.42. The zero-order valence-electron chi connectivity index (χ0n) is 12.4. The standard InChI is InChI=1S/C18H16F2N2S/c19-15-5-1-13(2-6-15)9-10-21-12-18-22-11-17(23-18)14-3-7-16(20)8-4-14/h1-8,11,21H,9-10,12H2. The largest absolute Gasteiger partial charge is 0.310 e. The molecule has 1 N–H and O–H groups in total. The summed E-state index contributed by atoms with van der Waals surface area (Å²) in [4.78, 5) is 5.41. The number of halogens is 2. The topological polar surface area (TPSA) is 24.9 Å². The fourth-order valence-electron chi connectivity index (χ4n) is 2.22. The first-order valence-corrected chi connectivity index (χ1v) is 8.18. The van der Waals surface area contributed by atoms with Crippen molar-refractivity contribution >= 4 is 11.3 Å². The number of rotatable bonds is 6. The number of hydrogen-bond acceptors (Lipinski definition) is 3. The monoisotopic (exact) mass is 330 g/mol. The first kappa shape index (κ1) is 15.8. The van der Waals surface area contributed by atoms with Gasteiger partial charge < -0.3 is 5.32 Å². The molecule has 0 aliphatic heterocycles. The molecule has 0 fully saturated rings. The van der Waals surface area contributed by atoms with Crippen molar-refractivity contribution in [3.05, 3.63) is 76.9 Å². The van der Waals surface area contributed by atoms with Crippen LogP contribution in [0.3, 0.4) is 0 Å². The zero-order chi connectivity index (χ0) is 16.1. The lowest BCUT2D eigenvalue weighted by Gasteiger charge is -2.03. The van der Waals surface area contributed by atoms with E-state index in [2.05, 4.69) is 10.3 Å². The number of aromatic nitrogens is 1. The third-order valence-corrected chi connectivity index (χ3v) is 4.51. The van der Waals surface area contributed by atoms with Gasteiger partial charge in [-0.2, -0.15) is 0 Å². The Morgan fingerprint density at radius 3 is 2.26 bits per heavy atom. The molecule has 5 heteroatoms. The van der Waals surface area contributed by atoms with Crippen molar-refractivity contribution in [2.24, 2.45) is 0 Å². The summed E-state index contributed by atoms with van der Waals surface area (Å²) < 4.78 is 25.7. The van der Waals surface area contributed by atoms with Gasteiger partial charge in [-0.25, -0.2) is 13.8 Å². The molecule has 0 atom stereocenters. The van der Waals surface area contributed by atoms with Crippen LogP contribution in [0, 0.1) is 11.6 Å². The van der Waals surface area contributed by atoms with Crippen LogP contribution in [0.25, 0.3) is 10.4 Å². The Balaban J connectivity index is 1.49. The van der Waals surface area contributed by atoms with Gasteiger partial charge in [-0.15, -0.1) is 11.3 Å². The van der Waals surface area contributed by atoms with E-state index >= 15 is 0 Å². The number of nitrogens with one attached hydrogen (secondary N) is 1. The van der Waals surface area contributed by atoms with Gasteiger partial charge in [0.05, 0.1) is 4.88 Å². The van der Waals surface area contributed by atoms with Crippen molar-refractivity contribution < 1.29 is 8.78 Å². The molecule has 3 aromatic rings. The molecular weight excluding hydrogens is 314 g/mol. The Bertz CT molecular complexity index is 751. The maximum absolute atomic E-state index is 12.9. The van der Waals surface area contributed by atoms with Gasteiger partial charge in [-0.1, -0.05) is 24.3 Å². The second-order valence-corrected chi connectivity index (χ2v) is 6.29. The van der Waals surface area contributed by atoms with Crippen molar-refractivity contribution in [3.63, 3.8) is 0 Å². The van der Waals surface area contributed by atoms with E-state index in [1.165, 1.54) is 24.3 Å². The van der Waals surface area contributed by atoms with Gasteiger partial charge >= 0.3 is 0 Å². The molecule has 0 bridgehead atoms. The number of thiazole rings is 1. The lowest BCUT2D eigenvalue weighted by molar-refractivity contribution is 0.625. The molecule has 23 heavy (non-hydrogen) atoms. The van der Waals surface area contributed by atoms with E-state index < -0.39 is 0 Å². The molecule has 0 saturated carbocycles. The van der Waals surface area contributed by atoms with E-state index in [1.807, 2.05) is 6.20 Å². The van der Waals surface area contributed by atoms with Crippen LogP contribution in [0.5, 0.6) is 0 Å². The Labute approximate surface area is 137 Å². The third-order valence-electron chi connectivity index (χ3n) is 3.46. The fraction of sp³-hybridized carbons (Fsp3) is 0.167. The molecular formula is C18H16F2N2S. The zero-order valence-corrected chi connectivity index (χ0v) is 13.2. The molecule has 0 amide bonds. The second-order valence-electron chi connectivity index (χ2n) is 5.18. The summed E-state index contributed by atoms with van der Waals surface area (Å²) in [5.41, 5.74) is 2.08. The molecule has 1 aromatic heterocycles. The van der Waals surface area contributed by atoms with Crippen LogP contribution in [0.15, 0.2) is 54.7 Å². The highest BCUT2D eigenvalue weighted by molar-refractivity contribution is 7.15. The molecule has 0 unspecified atom stereocenters. The molecule has 0 aliphatic carbocycles. The van der Waals surface area contributed by atoms with Crippen molar-refractivity contribution in [2.75, 3.05) is 6.54 Å². The summed E-state index contributed by atoms with van der Waals surface area (Å²) in [6.07, 6.45) is 2.66. The van der Waals surface area contributed by atoms with Crippen molar-refractivity contribution in [1.82, 2.24) is 10.3 Å². The lowest BCUT2D eigenvalue weighted by atomic mass is 10.1. The maximum Gasteiger partial charge on any atom is 0.123 e. The van der Waals surface area contributed by atoms with Crippen LogP contribution < -0.4 is 5.32 Å². The highest BCUT2D eigenvalue weighted by Gasteiger charge is 2.04. The summed E-state index contributed by atoms with van der Waals surface area (Å²) >= 11 is 1.59. The van der Waals surface area contributed by atoms with Crippen molar-refractivity contribution in [3.8, 4) is 10.4 Å². The van der Waals surface area contributed by atoms with E-state index in [0.717, 1.165) is 34.0 Å². The van der Waals surface area contributed by atoms with Crippen LogP contribution in [0.1, 0.15) is 10.6 Å². The van der Waals surface area contributed by atoms with E-state index in [0.29, 0.717) is 6.54 Å². The lowest BCUT2D eigenvalue weighted by Crippen LogP contribution is -2.16. The van der Waals surface area contributed by atoms with Gasteiger partial charge in [0, 0.05) is 12.7 Å². The molecule has 1 heterocycles. The van der Waals surface area contributed by atoms with Gasteiger partial charge in [-0.05, 0) is 48.4 Å². The molecule has 0 radical (unpaired) electrons. The normalized spacial score (nSPS) is 10.9. The first-order valence-electron chi connectivity index (χ1n) is 7.36. The minimum Gasteiger partial charge on any atom is -0.310 e. The van der Waals surface area contributed by atoms with Crippen LogP contribution in [0.2, 0.25) is 0 Å².